The zero-order valence-corrected chi connectivity index (χ0v) is 13.7. The maximum absolute atomic E-state index is 12.6. The molecular weight excluding hydrogens is 322 g/mol. The zero-order chi connectivity index (χ0) is 16.7. The van der Waals surface area contributed by atoms with Crippen LogP contribution in [0.4, 0.5) is 0 Å². The largest absolute Gasteiger partial charge is 0.287 e. The Morgan fingerprint density at radius 1 is 1.21 bits per heavy atom. The number of Topliss-reactive ketones (excluding diaryl/α,β-unsaturated/α-hetero) is 1. The van der Waals surface area contributed by atoms with Crippen molar-refractivity contribution < 1.29 is 9.59 Å². The predicted octanol–water partition coefficient (Wildman–Crippen LogP) is 2.86. The van der Waals surface area contributed by atoms with E-state index >= 15 is 0 Å². The molecule has 4 rings (SSSR count). The van der Waals surface area contributed by atoms with Crippen molar-refractivity contribution in [2.45, 2.75) is 13.3 Å². The van der Waals surface area contributed by atoms with Crippen LogP contribution in [0.15, 0.2) is 46.9 Å². The van der Waals surface area contributed by atoms with Gasteiger partial charge in [0.1, 0.15) is 5.71 Å². The zero-order valence-electron chi connectivity index (χ0n) is 12.9. The summed E-state index contributed by atoms with van der Waals surface area (Å²) in [7, 11) is 0. The molecule has 0 bridgehead atoms. The summed E-state index contributed by atoms with van der Waals surface area (Å²) >= 11 is 1.50. The summed E-state index contributed by atoms with van der Waals surface area (Å²) in [6.45, 7) is 1.89. The molecule has 1 aromatic heterocycles. The Kier molecular flexibility index (Phi) is 3.46. The summed E-state index contributed by atoms with van der Waals surface area (Å²) in [4.78, 5) is 28.8. The van der Waals surface area contributed by atoms with Crippen LogP contribution in [0.1, 0.15) is 26.6 Å². The first-order valence-electron chi connectivity index (χ1n) is 7.48. The van der Waals surface area contributed by atoms with E-state index in [9.17, 15) is 9.59 Å². The second kappa shape index (κ2) is 5.65. The van der Waals surface area contributed by atoms with Crippen LogP contribution < -0.4 is 5.43 Å². The molecule has 1 aliphatic carbocycles. The third-order valence-corrected chi connectivity index (χ3v) is 4.74. The molecule has 0 unspecified atom stereocenters. The fraction of sp³-hybridized carbons (Fsp3) is 0.111. The van der Waals surface area contributed by atoms with E-state index in [0.29, 0.717) is 11.3 Å². The molecule has 118 valence electrons. The Labute approximate surface area is 142 Å². The van der Waals surface area contributed by atoms with Gasteiger partial charge in [-0.2, -0.15) is 5.10 Å². The van der Waals surface area contributed by atoms with Gasteiger partial charge in [-0.05, 0) is 12.3 Å². The summed E-state index contributed by atoms with van der Waals surface area (Å²) in [6, 6.07) is 11.3. The van der Waals surface area contributed by atoms with Gasteiger partial charge in [0.2, 0.25) is 11.7 Å². The predicted molar refractivity (Wildman–Crippen MR) is 93.5 cm³/mol. The lowest BCUT2D eigenvalue weighted by Gasteiger charge is -2.01. The highest BCUT2D eigenvalue weighted by atomic mass is 32.1. The van der Waals surface area contributed by atoms with Crippen LogP contribution >= 0.6 is 11.3 Å². The highest BCUT2D eigenvalue weighted by molar-refractivity contribution is 7.09. The van der Waals surface area contributed by atoms with Gasteiger partial charge >= 0.3 is 0 Å². The lowest BCUT2D eigenvalue weighted by atomic mass is 10.1. The van der Waals surface area contributed by atoms with E-state index < -0.39 is 0 Å². The molecule has 0 saturated heterocycles. The Hall–Kier alpha value is -2.86. The molecule has 0 spiro atoms. The lowest BCUT2D eigenvalue weighted by molar-refractivity contribution is -0.120. The number of amides is 1. The number of ketones is 1. The van der Waals surface area contributed by atoms with Crippen molar-refractivity contribution in [3.8, 4) is 0 Å². The molecule has 6 heteroatoms. The van der Waals surface area contributed by atoms with Gasteiger partial charge < -0.3 is 0 Å². The fourth-order valence-electron chi connectivity index (χ4n) is 2.90. The number of thiazole rings is 1. The van der Waals surface area contributed by atoms with Crippen LogP contribution in [0, 0.1) is 6.92 Å². The average Bonchev–Trinajstić information content (AvgIpc) is 3.10. The molecule has 24 heavy (non-hydrogen) atoms. The second-order valence-electron chi connectivity index (χ2n) is 5.57. The molecule has 0 atom stereocenters. The van der Waals surface area contributed by atoms with Gasteiger partial charge in [0.25, 0.3) is 0 Å². The molecule has 1 heterocycles. The van der Waals surface area contributed by atoms with E-state index in [1.165, 1.54) is 11.3 Å². The minimum Gasteiger partial charge on any atom is -0.287 e. The highest BCUT2D eigenvalue weighted by Gasteiger charge is 2.28. The van der Waals surface area contributed by atoms with E-state index in [0.717, 1.165) is 21.3 Å². The molecule has 0 aliphatic heterocycles. The number of nitrogens with one attached hydrogen (secondary N) is 1. The summed E-state index contributed by atoms with van der Waals surface area (Å²) in [5.41, 5.74) is 4.86. The number of aromatic nitrogens is 1. The number of nitrogens with zero attached hydrogens (tertiary/aromatic N) is 2. The van der Waals surface area contributed by atoms with E-state index in [1.807, 2.05) is 42.6 Å². The SMILES string of the molecule is Cc1nc(CC(=O)NN=C2C(=O)c3cccc4cccc2c34)cs1. The third kappa shape index (κ3) is 2.41. The van der Waals surface area contributed by atoms with Gasteiger partial charge in [0.05, 0.1) is 17.1 Å². The summed E-state index contributed by atoms with van der Waals surface area (Å²) in [5.74, 6) is -0.449. The molecule has 0 saturated carbocycles. The monoisotopic (exact) mass is 335 g/mol. The molecular formula is C18H13N3O2S. The van der Waals surface area contributed by atoms with Crippen molar-refractivity contribution >= 4 is 39.5 Å². The number of carbonyl (C=O) groups excluding carboxylic acids is 2. The molecule has 5 nitrogen and oxygen atoms in total. The van der Waals surface area contributed by atoms with Gasteiger partial charge in [-0.1, -0.05) is 36.4 Å². The maximum Gasteiger partial charge on any atom is 0.246 e. The van der Waals surface area contributed by atoms with Crippen LogP contribution in [-0.2, 0) is 11.2 Å². The van der Waals surface area contributed by atoms with Gasteiger partial charge in [0.15, 0.2) is 0 Å². The smallest absolute Gasteiger partial charge is 0.246 e. The molecule has 2 aromatic carbocycles. The summed E-state index contributed by atoms with van der Waals surface area (Å²) < 4.78 is 0. The van der Waals surface area contributed by atoms with Crippen LogP contribution in [0.25, 0.3) is 10.8 Å². The van der Waals surface area contributed by atoms with E-state index in [-0.39, 0.29) is 23.8 Å². The molecule has 0 radical (unpaired) electrons. The number of benzene rings is 2. The summed E-state index contributed by atoms with van der Waals surface area (Å²) in [5, 5.41) is 8.74. The van der Waals surface area contributed by atoms with E-state index in [2.05, 4.69) is 15.5 Å². The van der Waals surface area contributed by atoms with E-state index in [4.69, 9.17) is 0 Å². The van der Waals surface area contributed by atoms with Crippen molar-refractivity contribution in [3.05, 3.63) is 63.6 Å². The minimum absolute atomic E-state index is 0.145. The number of rotatable bonds is 3. The van der Waals surface area contributed by atoms with Crippen molar-refractivity contribution in [1.82, 2.24) is 10.4 Å². The Balaban J connectivity index is 1.61. The quantitative estimate of drug-likeness (QED) is 0.748. The van der Waals surface area contributed by atoms with Gasteiger partial charge in [-0.25, -0.2) is 10.4 Å². The standard InChI is InChI=1S/C18H13N3O2S/c1-10-19-12(9-24-10)8-15(22)20-21-17-13-6-2-4-11-5-3-7-14(16(11)13)18(17)23/h2-7,9H,8H2,1H3,(H,20,22). The van der Waals surface area contributed by atoms with Crippen molar-refractivity contribution in [2.75, 3.05) is 0 Å². The first-order valence-corrected chi connectivity index (χ1v) is 8.36. The van der Waals surface area contributed by atoms with Crippen LogP contribution in [0.2, 0.25) is 0 Å². The second-order valence-corrected chi connectivity index (χ2v) is 6.63. The van der Waals surface area contributed by atoms with Crippen molar-refractivity contribution in [2.24, 2.45) is 5.10 Å². The lowest BCUT2D eigenvalue weighted by Crippen LogP contribution is -2.23. The topological polar surface area (TPSA) is 71.4 Å². The van der Waals surface area contributed by atoms with Gasteiger partial charge in [0, 0.05) is 21.9 Å². The van der Waals surface area contributed by atoms with Crippen molar-refractivity contribution in [3.63, 3.8) is 0 Å². The van der Waals surface area contributed by atoms with Crippen LogP contribution in [0.3, 0.4) is 0 Å². The number of hydrazone groups is 1. The fourth-order valence-corrected chi connectivity index (χ4v) is 3.51. The molecule has 0 fully saturated rings. The normalized spacial score (nSPS) is 14.5. The first-order chi connectivity index (χ1) is 11.6. The Bertz CT molecular complexity index is 1010. The number of hydrogen-bond donors (Lipinski definition) is 1. The Morgan fingerprint density at radius 2 is 1.96 bits per heavy atom. The molecule has 1 aliphatic rings. The third-order valence-electron chi connectivity index (χ3n) is 3.92. The van der Waals surface area contributed by atoms with Gasteiger partial charge in [-0.3, -0.25) is 9.59 Å². The Morgan fingerprint density at radius 3 is 2.67 bits per heavy atom. The highest BCUT2D eigenvalue weighted by Crippen LogP contribution is 2.30. The number of hydrogen-bond acceptors (Lipinski definition) is 5. The molecule has 1 N–H and O–H groups in total. The van der Waals surface area contributed by atoms with Crippen LogP contribution in [0.5, 0.6) is 0 Å². The number of carbonyl (C=O) groups is 2. The maximum atomic E-state index is 12.6. The first kappa shape index (κ1) is 14.7. The number of aryl methyl sites for hydroxylation is 1. The van der Waals surface area contributed by atoms with Gasteiger partial charge in [-0.15, -0.1) is 11.3 Å². The van der Waals surface area contributed by atoms with E-state index in [1.54, 1.807) is 6.07 Å². The van der Waals surface area contributed by atoms with Crippen molar-refractivity contribution in [1.29, 1.82) is 0 Å². The van der Waals surface area contributed by atoms with Crippen LogP contribution in [-0.4, -0.2) is 22.4 Å². The summed E-state index contributed by atoms with van der Waals surface area (Å²) in [6.07, 6.45) is 0.145. The molecule has 3 aromatic rings. The molecule has 1 amide bonds. The average molecular weight is 335 g/mol. The minimum atomic E-state index is -0.288.